The molecule has 2 aliphatic rings. The molecule has 1 heterocycles. The van der Waals surface area contributed by atoms with Gasteiger partial charge in [0.15, 0.2) is 0 Å². The standard InChI is InChI=1S/C11H18N2O2S/c14-10(12-9-3-1-2-4-9)5-6-13-7-8-16-11(13)15/h9H,1-8H2,(H,12,14). The van der Waals surface area contributed by atoms with Crippen molar-refractivity contribution >= 4 is 22.9 Å². The molecule has 0 radical (unpaired) electrons. The lowest BCUT2D eigenvalue weighted by Gasteiger charge is -2.16. The molecule has 0 aromatic heterocycles. The number of hydrogen-bond donors (Lipinski definition) is 1. The van der Waals surface area contributed by atoms with Gasteiger partial charge >= 0.3 is 0 Å². The van der Waals surface area contributed by atoms with Crippen LogP contribution in [-0.2, 0) is 4.79 Å². The van der Waals surface area contributed by atoms with Crippen molar-refractivity contribution in [3.05, 3.63) is 0 Å². The van der Waals surface area contributed by atoms with Crippen LogP contribution in [0.2, 0.25) is 0 Å². The first-order valence-electron chi connectivity index (χ1n) is 5.97. The summed E-state index contributed by atoms with van der Waals surface area (Å²) in [5.41, 5.74) is 0. The molecular formula is C11H18N2O2S. The van der Waals surface area contributed by atoms with Crippen LogP contribution in [0.25, 0.3) is 0 Å². The van der Waals surface area contributed by atoms with Gasteiger partial charge in [0.2, 0.25) is 5.91 Å². The van der Waals surface area contributed by atoms with Gasteiger partial charge in [-0.2, -0.15) is 0 Å². The average Bonchev–Trinajstić information content (AvgIpc) is 2.87. The van der Waals surface area contributed by atoms with Gasteiger partial charge in [-0.3, -0.25) is 9.59 Å². The van der Waals surface area contributed by atoms with Gasteiger partial charge in [0.1, 0.15) is 0 Å². The minimum atomic E-state index is 0.0941. The van der Waals surface area contributed by atoms with Crippen molar-refractivity contribution in [2.24, 2.45) is 0 Å². The van der Waals surface area contributed by atoms with Gasteiger partial charge in [0, 0.05) is 31.3 Å². The third-order valence-corrected chi connectivity index (χ3v) is 4.07. The van der Waals surface area contributed by atoms with E-state index in [0.717, 1.165) is 25.1 Å². The Morgan fingerprint density at radius 2 is 2.19 bits per heavy atom. The molecule has 90 valence electrons. The van der Waals surface area contributed by atoms with Crippen LogP contribution < -0.4 is 5.32 Å². The Labute approximate surface area is 100 Å². The van der Waals surface area contributed by atoms with E-state index in [9.17, 15) is 9.59 Å². The summed E-state index contributed by atoms with van der Waals surface area (Å²) in [6.45, 7) is 1.37. The maximum Gasteiger partial charge on any atom is 0.281 e. The van der Waals surface area contributed by atoms with E-state index < -0.39 is 0 Å². The van der Waals surface area contributed by atoms with E-state index in [0.29, 0.717) is 19.0 Å². The van der Waals surface area contributed by atoms with Crippen molar-refractivity contribution in [1.29, 1.82) is 0 Å². The van der Waals surface area contributed by atoms with E-state index in [1.165, 1.54) is 24.6 Å². The van der Waals surface area contributed by atoms with Crippen molar-refractivity contribution in [2.75, 3.05) is 18.8 Å². The fraction of sp³-hybridized carbons (Fsp3) is 0.818. The lowest BCUT2D eigenvalue weighted by molar-refractivity contribution is -0.121. The molecule has 2 rings (SSSR count). The molecule has 0 unspecified atom stereocenters. The predicted molar refractivity (Wildman–Crippen MR) is 64.4 cm³/mol. The van der Waals surface area contributed by atoms with Crippen LogP contribution in [0.3, 0.4) is 0 Å². The Morgan fingerprint density at radius 3 is 2.81 bits per heavy atom. The van der Waals surface area contributed by atoms with Crippen molar-refractivity contribution in [3.8, 4) is 0 Å². The minimum absolute atomic E-state index is 0.0941. The third kappa shape index (κ3) is 3.14. The first-order chi connectivity index (χ1) is 7.75. The molecule has 1 saturated heterocycles. The largest absolute Gasteiger partial charge is 0.353 e. The quantitative estimate of drug-likeness (QED) is 0.814. The van der Waals surface area contributed by atoms with E-state index >= 15 is 0 Å². The number of rotatable bonds is 4. The molecule has 0 bridgehead atoms. The van der Waals surface area contributed by atoms with Gasteiger partial charge in [-0.25, -0.2) is 0 Å². The summed E-state index contributed by atoms with van der Waals surface area (Å²) in [5.74, 6) is 0.958. The Morgan fingerprint density at radius 1 is 1.44 bits per heavy atom. The summed E-state index contributed by atoms with van der Waals surface area (Å²) in [6.07, 6.45) is 5.13. The first kappa shape index (κ1) is 11.8. The monoisotopic (exact) mass is 242 g/mol. The number of carbonyl (C=O) groups excluding carboxylic acids is 2. The number of nitrogens with one attached hydrogen (secondary N) is 1. The minimum Gasteiger partial charge on any atom is -0.353 e. The maximum absolute atomic E-state index is 11.6. The van der Waals surface area contributed by atoms with E-state index in [2.05, 4.69) is 5.32 Å². The van der Waals surface area contributed by atoms with Gasteiger partial charge < -0.3 is 10.2 Å². The predicted octanol–water partition coefficient (Wildman–Crippen LogP) is 1.60. The summed E-state index contributed by atoms with van der Waals surface area (Å²) in [5, 5.41) is 3.15. The SMILES string of the molecule is O=C(CCN1CCSC1=O)NC1CCCC1. The number of thioether (sulfide) groups is 1. The molecule has 2 fully saturated rings. The Hall–Kier alpha value is -0.710. The van der Waals surface area contributed by atoms with Crippen LogP contribution in [0.1, 0.15) is 32.1 Å². The fourth-order valence-electron chi connectivity index (χ4n) is 2.24. The normalized spacial score (nSPS) is 21.8. The van der Waals surface area contributed by atoms with Gasteiger partial charge in [-0.1, -0.05) is 24.6 Å². The second-order valence-electron chi connectivity index (χ2n) is 4.40. The Bertz CT molecular complexity index is 277. The van der Waals surface area contributed by atoms with Crippen molar-refractivity contribution < 1.29 is 9.59 Å². The Balaban J connectivity index is 1.65. The zero-order valence-corrected chi connectivity index (χ0v) is 10.2. The van der Waals surface area contributed by atoms with E-state index in [1.54, 1.807) is 4.90 Å². The van der Waals surface area contributed by atoms with Gasteiger partial charge in [-0.05, 0) is 12.8 Å². The topological polar surface area (TPSA) is 49.4 Å². The molecule has 0 aromatic carbocycles. The van der Waals surface area contributed by atoms with Crippen LogP contribution in [-0.4, -0.2) is 40.9 Å². The zero-order chi connectivity index (χ0) is 11.4. The van der Waals surface area contributed by atoms with E-state index in [1.807, 2.05) is 0 Å². The molecule has 1 N–H and O–H groups in total. The third-order valence-electron chi connectivity index (χ3n) is 3.17. The van der Waals surface area contributed by atoms with E-state index in [4.69, 9.17) is 0 Å². The Kier molecular flexibility index (Phi) is 4.09. The van der Waals surface area contributed by atoms with Crippen LogP contribution in [0.15, 0.2) is 0 Å². The number of carbonyl (C=O) groups is 2. The molecule has 0 atom stereocenters. The summed E-state index contributed by atoms with van der Waals surface area (Å²) in [6, 6.07) is 0.385. The molecule has 1 aliphatic carbocycles. The highest BCUT2D eigenvalue weighted by Crippen LogP contribution is 2.19. The highest BCUT2D eigenvalue weighted by Gasteiger charge is 2.22. The molecule has 1 saturated carbocycles. The second-order valence-corrected chi connectivity index (χ2v) is 5.45. The van der Waals surface area contributed by atoms with E-state index in [-0.39, 0.29) is 11.1 Å². The molecular weight excluding hydrogens is 224 g/mol. The molecule has 1 aliphatic heterocycles. The number of amides is 2. The fourth-order valence-corrected chi connectivity index (χ4v) is 3.09. The molecule has 0 spiro atoms. The van der Waals surface area contributed by atoms with Crippen molar-refractivity contribution in [1.82, 2.24) is 10.2 Å². The van der Waals surface area contributed by atoms with Gasteiger partial charge in [0.05, 0.1) is 0 Å². The maximum atomic E-state index is 11.6. The lowest BCUT2D eigenvalue weighted by atomic mass is 10.2. The number of hydrogen-bond acceptors (Lipinski definition) is 3. The molecule has 2 amide bonds. The highest BCUT2D eigenvalue weighted by atomic mass is 32.2. The van der Waals surface area contributed by atoms with Gasteiger partial charge in [0.25, 0.3) is 5.24 Å². The number of nitrogens with zero attached hydrogens (tertiary/aromatic N) is 1. The first-order valence-corrected chi connectivity index (χ1v) is 6.95. The smallest absolute Gasteiger partial charge is 0.281 e. The highest BCUT2D eigenvalue weighted by molar-refractivity contribution is 8.13. The van der Waals surface area contributed by atoms with Crippen molar-refractivity contribution in [2.45, 2.75) is 38.1 Å². The average molecular weight is 242 g/mol. The second kappa shape index (κ2) is 5.57. The molecule has 0 aromatic rings. The summed E-state index contributed by atoms with van der Waals surface area (Å²) in [7, 11) is 0. The lowest BCUT2D eigenvalue weighted by Crippen LogP contribution is -2.35. The van der Waals surface area contributed by atoms with Crippen molar-refractivity contribution in [3.63, 3.8) is 0 Å². The summed E-state index contributed by atoms with van der Waals surface area (Å²) < 4.78 is 0. The van der Waals surface area contributed by atoms with Crippen LogP contribution in [0.5, 0.6) is 0 Å². The van der Waals surface area contributed by atoms with Crippen LogP contribution in [0.4, 0.5) is 4.79 Å². The summed E-state index contributed by atoms with van der Waals surface area (Å²) in [4.78, 5) is 24.7. The van der Waals surface area contributed by atoms with Gasteiger partial charge in [-0.15, -0.1) is 0 Å². The van der Waals surface area contributed by atoms with Crippen LogP contribution >= 0.6 is 11.8 Å². The molecule has 4 nitrogen and oxygen atoms in total. The molecule has 16 heavy (non-hydrogen) atoms. The molecule has 5 heteroatoms. The van der Waals surface area contributed by atoms with Crippen LogP contribution in [0, 0.1) is 0 Å². The summed E-state index contributed by atoms with van der Waals surface area (Å²) >= 11 is 1.35. The zero-order valence-electron chi connectivity index (χ0n) is 9.41.